The number of imidazole rings is 1. The van der Waals surface area contributed by atoms with Crippen molar-refractivity contribution in [3.8, 4) is 0 Å². The van der Waals surface area contributed by atoms with Gasteiger partial charge in [-0.2, -0.15) is 0 Å². The van der Waals surface area contributed by atoms with E-state index < -0.39 is 48.0 Å². The largest absolute Gasteiger partial charge is 0.459 e. The van der Waals surface area contributed by atoms with Gasteiger partial charge in [-0.3, -0.25) is 9.36 Å². The summed E-state index contributed by atoms with van der Waals surface area (Å²) in [7, 11) is 0. The highest BCUT2D eigenvalue weighted by Crippen LogP contribution is 2.36. The Morgan fingerprint density at radius 3 is 1.86 bits per heavy atom. The fourth-order valence-corrected chi connectivity index (χ4v) is 4.73. The summed E-state index contributed by atoms with van der Waals surface area (Å²) in [4.78, 5) is 62.5. The fraction of sp³-hybridized carbons (Fsp3) is 0.161. The molecule has 2 aromatic heterocycles. The fourth-order valence-electron chi connectivity index (χ4n) is 4.73. The Morgan fingerprint density at radius 1 is 0.744 bits per heavy atom. The minimum Gasteiger partial charge on any atom is -0.459 e. The molecule has 0 spiro atoms. The van der Waals surface area contributed by atoms with E-state index in [1.807, 2.05) is 0 Å². The summed E-state index contributed by atoms with van der Waals surface area (Å²) in [5.74, 6) is -2.04. The van der Waals surface area contributed by atoms with Gasteiger partial charge in [-0.1, -0.05) is 54.6 Å². The van der Waals surface area contributed by atoms with Crippen LogP contribution in [0.15, 0.2) is 108 Å². The molecule has 0 radical (unpaired) electrons. The van der Waals surface area contributed by atoms with Gasteiger partial charge in [-0.05, 0) is 36.4 Å². The van der Waals surface area contributed by atoms with Crippen molar-refractivity contribution in [2.24, 2.45) is 0 Å². The third kappa shape index (κ3) is 5.76. The Bertz CT molecular complexity index is 1810. The predicted octanol–water partition coefficient (Wildman–Crippen LogP) is 3.33. The molecule has 0 saturated carbocycles. The normalized spacial score (nSPS) is 19.5. The molecule has 0 amide bonds. The van der Waals surface area contributed by atoms with Crippen LogP contribution >= 0.6 is 0 Å². The maximum Gasteiger partial charge on any atom is 0.338 e. The molecule has 1 aliphatic heterocycles. The number of ether oxygens (including phenoxy) is 4. The van der Waals surface area contributed by atoms with Gasteiger partial charge in [0.05, 0.1) is 29.3 Å². The molecule has 4 unspecified atom stereocenters. The number of carbonyl (C=O) groups excluding carboxylic acids is 3. The molecule has 3 aromatic carbocycles. The number of aromatic nitrogens is 4. The van der Waals surface area contributed by atoms with E-state index in [-0.39, 0.29) is 28.9 Å². The number of nitrogens with zero attached hydrogens (tertiary/aromatic N) is 3. The molecule has 6 rings (SSSR count). The number of hydrogen-bond donors (Lipinski definition) is 1. The number of aromatic amines is 1. The number of rotatable bonds is 8. The molecule has 1 N–H and O–H groups in total. The summed E-state index contributed by atoms with van der Waals surface area (Å²) >= 11 is 0. The molecule has 1 saturated heterocycles. The zero-order valence-electron chi connectivity index (χ0n) is 22.4. The third-order valence-corrected chi connectivity index (χ3v) is 6.82. The number of nitrogens with one attached hydrogen (secondary N) is 1. The maximum absolute atomic E-state index is 13.3. The summed E-state index contributed by atoms with van der Waals surface area (Å²) in [6.07, 6.45) is -2.24. The van der Waals surface area contributed by atoms with E-state index in [0.717, 1.165) is 0 Å². The zero-order chi connectivity index (χ0) is 29.8. The van der Waals surface area contributed by atoms with Crippen LogP contribution in [0.4, 0.5) is 0 Å². The molecular formula is C31H24N4O8. The third-order valence-electron chi connectivity index (χ3n) is 6.82. The highest BCUT2D eigenvalue weighted by Gasteiger charge is 2.51. The van der Waals surface area contributed by atoms with Crippen molar-refractivity contribution in [3.05, 3.63) is 131 Å². The molecule has 12 nitrogen and oxygen atoms in total. The van der Waals surface area contributed by atoms with Crippen LogP contribution in [0.3, 0.4) is 0 Å². The van der Waals surface area contributed by atoms with E-state index in [0.29, 0.717) is 5.56 Å². The second-order valence-electron chi connectivity index (χ2n) is 9.56. The quantitative estimate of drug-likeness (QED) is 0.214. The Kier molecular flexibility index (Phi) is 7.74. The van der Waals surface area contributed by atoms with Crippen LogP contribution in [0.5, 0.6) is 0 Å². The van der Waals surface area contributed by atoms with Crippen LogP contribution in [0.1, 0.15) is 37.3 Å². The number of carbonyl (C=O) groups is 3. The lowest BCUT2D eigenvalue weighted by Gasteiger charge is -2.25. The predicted molar refractivity (Wildman–Crippen MR) is 150 cm³/mol. The highest BCUT2D eigenvalue weighted by molar-refractivity contribution is 5.91. The van der Waals surface area contributed by atoms with Crippen LogP contribution in [0.2, 0.25) is 0 Å². The van der Waals surface area contributed by atoms with Crippen LogP contribution in [0, 0.1) is 0 Å². The van der Waals surface area contributed by atoms with Crippen molar-refractivity contribution in [1.29, 1.82) is 0 Å². The van der Waals surface area contributed by atoms with Gasteiger partial charge in [0.25, 0.3) is 5.56 Å². The summed E-state index contributed by atoms with van der Waals surface area (Å²) in [6, 6.07) is 24.9. The lowest BCUT2D eigenvalue weighted by molar-refractivity contribution is -0.0606. The van der Waals surface area contributed by atoms with Gasteiger partial charge >= 0.3 is 17.9 Å². The molecule has 3 heterocycles. The van der Waals surface area contributed by atoms with E-state index >= 15 is 0 Å². The Hall–Kier alpha value is -5.62. The SMILES string of the molecule is O=C(OCC1OC(n2cnc3c(=O)[nH]cnc32)C(OC(=O)c2ccccc2)C1OC(=O)c1ccccc1)c1ccccc1. The minimum atomic E-state index is -1.26. The first-order valence-electron chi connectivity index (χ1n) is 13.3. The number of esters is 3. The van der Waals surface area contributed by atoms with E-state index in [1.54, 1.807) is 91.0 Å². The van der Waals surface area contributed by atoms with Crippen LogP contribution in [-0.2, 0) is 18.9 Å². The number of H-pyrrole nitrogens is 1. The molecule has 216 valence electrons. The first kappa shape index (κ1) is 27.5. The van der Waals surface area contributed by atoms with E-state index in [1.165, 1.54) is 17.2 Å². The Morgan fingerprint density at radius 2 is 1.28 bits per heavy atom. The first-order chi connectivity index (χ1) is 21.0. The van der Waals surface area contributed by atoms with Crippen molar-refractivity contribution in [2.75, 3.05) is 6.61 Å². The van der Waals surface area contributed by atoms with E-state index in [2.05, 4.69) is 15.0 Å². The van der Waals surface area contributed by atoms with Gasteiger partial charge in [-0.25, -0.2) is 24.4 Å². The van der Waals surface area contributed by atoms with Gasteiger partial charge in [0.15, 0.2) is 29.6 Å². The van der Waals surface area contributed by atoms with Crippen LogP contribution in [-0.4, -0.2) is 62.3 Å². The Balaban J connectivity index is 1.37. The van der Waals surface area contributed by atoms with Crippen molar-refractivity contribution in [3.63, 3.8) is 0 Å². The van der Waals surface area contributed by atoms with Gasteiger partial charge in [-0.15, -0.1) is 0 Å². The highest BCUT2D eigenvalue weighted by atomic mass is 16.7. The summed E-state index contributed by atoms with van der Waals surface area (Å²) < 4.78 is 25.1. The van der Waals surface area contributed by atoms with Crippen molar-refractivity contribution in [1.82, 2.24) is 19.5 Å². The topological polar surface area (TPSA) is 152 Å². The van der Waals surface area contributed by atoms with Crippen molar-refractivity contribution in [2.45, 2.75) is 24.5 Å². The van der Waals surface area contributed by atoms with Gasteiger partial charge in [0, 0.05) is 0 Å². The minimum absolute atomic E-state index is 0.0241. The molecule has 4 atom stereocenters. The van der Waals surface area contributed by atoms with Crippen LogP contribution in [0.25, 0.3) is 11.2 Å². The average Bonchev–Trinajstić information content (AvgIpc) is 3.63. The van der Waals surface area contributed by atoms with Crippen molar-refractivity contribution >= 4 is 29.1 Å². The molecule has 43 heavy (non-hydrogen) atoms. The molecule has 5 aromatic rings. The molecule has 12 heteroatoms. The number of benzene rings is 3. The van der Waals surface area contributed by atoms with Gasteiger partial charge in [0.1, 0.15) is 12.7 Å². The van der Waals surface area contributed by atoms with Gasteiger partial charge in [0.2, 0.25) is 0 Å². The molecule has 0 bridgehead atoms. The van der Waals surface area contributed by atoms with Gasteiger partial charge < -0.3 is 23.9 Å². The second-order valence-corrected chi connectivity index (χ2v) is 9.56. The number of hydrogen-bond acceptors (Lipinski definition) is 10. The average molecular weight is 581 g/mol. The summed E-state index contributed by atoms with van der Waals surface area (Å²) in [6.45, 7) is -0.350. The maximum atomic E-state index is 13.3. The molecule has 1 fully saturated rings. The van der Waals surface area contributed by atoms with Crippen molar-refractivity contribution < 1.29 is 33.3 Å². The summed E-state index contributed by atoms with van der Waals surface area (Å²) in [5.41, 5.74) is 0.491. The van der Waals surface area contributed by atoms with E-state index in [9.17, 15) is 19.2 Å². The summed E-state index contributed by atoms with van der Waals surface area (Å²) in [5, 5.41) is 0. The lowest BCUT2D eigenvalue weighted by Crippen LogP contribution is -2.41. The number of fused-ring (bicyclic) bond motifs is 1. The Labute approximate surface area is 243 Å². The standard InChI is InChI=1S/C31H24N4O8/c36-27-23-26(32-17-33-27)35(18-34-23)28-25(43-31(39)21-14-8-3-9-15-21)24(42-30(38)20-12-6-2-7-13-20)22(41-28)16-40-29(37)19-10-4-1-5-11-19/h1-15,17-18,22,24-25,28H,16H2,(H,32,33,36). The molecule has 1 aliphatic rings. The van der Waals surface area contributed by atoms with E-state index in [4.69, 9.17) is 18.9 Å². The zero-order valence-corrected chi connectivity index (χ0v) is 22.4. The smallest absolute Gasteiger partial charge is 0.338 e. The second kappa shape index (κ2) is 12.1. The lowest BCUT2D eigenvalue weighted by atomic mass is 10.1. The molecular weight excluding hydrogens is 556 g/mol. The first-order valence-corrected chi connectivity index (χ1v) is 13.3. The van der Waals surface area contributed by atoms with Crippen LogP contribution < -0.4 is 5.56 Å². The molecule has 0 aliphatic carbocycles. The monoisotopic (exact) mass is 580 g/mol.